The highest BCUT2D eigenvalue weighted by Crippen LogP contribution is 2.18. The summed E-state index contributed by atoms with van der Waals surface area (Å²) < 4.78 is 26.7. The van der Waals surface area contributed by atoms with Crippen LogP contribution in [-0.2, 0) is 4.79 Å². The standard InChI is InChI=1S/C21H18F2N2O2/c1-13(18-9-8-17(22)11-19(18)23)25-20(26)12-24-21(27)16-7-6-14-4-2-3-5-15(14)10-16/h2-11,13H,12H2,1H3,(H,24,27)(H,25,26). The second-order valence-corrected chi connectivity index (χ2v) is 6.20. The van der Waals surface area contributed by atoms with Crippen LogP contribution in [0.3, 0.4) is 0 Å². The number of rotatable bonds is 5. The number of nitrogens with one attached hydrogen (secondary N) is 2. The van der Waals surface area contributed by atoms with Crippen LogP contribution in [0.5, 0.6) is 0 Å². The fourth-order valence-corrected chi connectivity index (χ4v) is 2.82. The zero-order valence-electron chi connectivity index (χ0n) is 14.6. The van der Waals surface area contributed by atoms with E-state index >= 15 is 0 Å². The Hall–Kier alpha value is -3.28. The first-order valence-electron chi connectivity index (χ1n) is 8.45. The van der Waals surface area contributed by atoms with Crippen LogP contribution in [-0.4, -0.2) is 18.4 Å². The Kier molecular flexibility index (Phi) is 5.45. The molecule has 0 aliphatic rings. The molecule has 0 aliphatic carbocycles. The zero-order chi connectivity index (χ0) is 19.4. The maximum atomic E-state index is 13.8. The van der Waals surface area contributed by atoms with E-state index in [1.807, 2.05) is 30.3 Å². The predicted octanol–water partition coefficient (Wildman–Crippen LogP) is 3.73. The van der Waals surface area contributed by atoms with Crippen molar-refractivity contribution in [1.29, 1.82) is 0 Å². The number of carbonyl (C=O) groups excluding carboxylic acids is 2. The molecule has 0 aromatic heterocycles. The summed E-state index contributed by atoms with van der Waals surface area (Å²) in [7, 11) is 0. The molecular formula is C21H18F2N2O2. The fraction of sp³-hybridized carbons (Fsp3) is 0.143. The average Bonchev–Trinajstić information content (AvgIpc) is 2.65. The first kappa shape index (κ1) is 18.5. The molecule has 0 saturated carbocycles. The topological polar surface area (TPSA) is 58.2 Å². The van der Waals surface area contributed by atoms with Crippen LogP contribution in [0.15, 0.2) is 60.7 Å². The van der Waals surface area contributed by atoms with Crippen molar-refractivity contribution in [3.05, 3.63) is 83.4 Å². The van der Waals surface area contributed by atoms with Gasteiger partial charge >= 0.3 is 0 Å². The Labute approximate surface area is 155 Å². The van der Waals surface area contributed by atoms with Gasteiger partial charge in [-0.3, -0.25) is 9.59 Å². The van der Waals surface area contributed by atoms with Gasteiger partial charge in [0.2, 0.25) is 5.91 Å². The van der Waals surface area contributed by atoms with Gasteiger partial charge in [-0.2, -0.15) is 0 Å². The van der Waals surface area contributed by atoms with Crippen LogP contribution >= 0.6 is 0 Å². The lowest BCUT2D eigenvalue weighted by Gasteiger charge is -2.15. The first-order valence-corrected chi connectivity index (χ1v) is 8.45. The third-order valence-corrected chi connectivity index (χ3v) is 4.23. The molecule has 6 heteroatoms. The predicted molar refractivity (Wildman–Crippen MR) is 99.2 cm³/mol. The number of hydrogen-bond donors (Lipinski definition) is 2. The number of fused-ring (bicyclic) bond motifs is 1. The summed E-state index contributed by atoms with van der Waals surface area (Å²) in [4.78, 5) is 24.3. The Balaban J connectivity index is 1.58. The normalized spacial score (nSPS) is 11.8. The minimum atomic E-state index is -0.733. The van der Waals surface area contributed by atoms with E-state index < -0.39 is 23.6 Å². The van der Waals surface area contributed by atoms with Crippen molar-refractivity contribution in [2.45, 2.75) is 13.0 Å². The average molecular weight is 368 g/mol. The van der Waals surface area contributed by atoms with Crippen molar-refractivity contribution in [2.24, 2.45) is 0 Å². The number of carbonyl (C=O) groups is 2. The van der Waals surface area contributed by atoms with E-state index in [2.05, 4.69) is 10.6 Å². The molecule has 2 N–H and O–H groups in total. The van der Waals surface area contributed by atoms with Crippen molar-refractivity contribution >= 4 is 22.6 Å². The summed E-state index contributed by atoms with van der Waals surface area (Å²) in [6.45, 7) is 1.33. The molecule has 0 saturated heterocycles. The lowest BCUT2D eigenvalue weighted by molar-refractivity contribution is -0.120. The lowest BCUT2D eigenvalue weighted by Crippen LogP contribution is -2.38. The van der Waals surface area contributed by atoms with Gasteiger partial charge < -0.3 is 10.6 Å². The second-order valence-electron chi connectivity index (χ2n) is 6.20. The van der Waals surface area contributed by atoms with E-state index in [1.54, 1.807) is 19.1 Å². The highest BCUT2D eigenvalue weighted by molar-refractivity contribution is 6.00. The van der Waals surface area contributed by atoms with Crippen molar-refractivity contribution in [3.63, 3.8) is 0 Å². The molecule has 1 unspecified atom stereocenters. The van der Waals surface area contributed by atoms with Crippen LogP contribution in [0.1, 0.15) is 28.9 Å². The van der Waals surface area contributed by atoms with Gasteiger partial charge in [0.05, 0.1) is 12.6 Å². The minimum absolute atomic E-state index is 0.172. The van der Waals surface area contributed by atoms with E-state index in [-0.39, 0.29) is 18.0 Å². The second kappa shape index (κ2) is 7.95. The number of halogens is 2. The maximum Gasteiger partial charge on any atom is 0.251 e. The van der Waals surface area contributed by atoms with Crippen LogP contribution in [0, 0.1) is 11.6 Å². The summed E-state index contributed by atoms with van der Waals surface area (Å²) >= 11 is 0. The molecule has 27 heavy (non-hydrogen) atoms. The smallest absolute Gasteiger partial charge is 0.251 e. The molecule has 0 aliphatic heterocycles. The molecule has 1 atom stereocenters. The van der Waals surface area contributed by atoms with Crippen molar-refractivity contribution < 1.29 is 18.4 Å². The third kappa shape index (κ3) is 4.47. The quantitative estimate of drug-likeness (QED) is 0.721. The van der Waals surface area contributed by atoms with Crippen molar-refractivity contribution in [2.75, 3.05) is 6.54 Å². The van der Waals surface area contributed by atoms with Gasteiger partial charge in [-0.25, -0.2) is 8.78 Å². The van der Waals surface area contributed by atoms with E-state index in [0.29, 0.717) is 5.56 Å². The molecule has 3 aromatic rings. The van der Waals surface area contributed by atoms with Gasteiger partial charge in [0.15, 0.2) is 0 Å². The summed E-state index contributed by atoms with van der Waals surface area (Å²) in [5.41, 5.74) is 0.615. The molecular weight excluding hydrogens is 350 g/mol. The molecule has 138 valence electrons. The summed E-state index contributed by atoms with van der Waals surface area (Å²) in [5.74, 6) is -2.27. The Morgan fingerprint density at radius 3 is 2.44 bits per heavy atom. The summed E-state index contributed by atoms with van der Waals surface area (Å²) in [6, 6.07) is 15.4. The number of hydrogen-bond acceptors (Lipinski definition) is 2. The molecule has 3 aromatic carbocycles. The van der Waals surface area contributed by atoms with Crippen LogP contribution in [0.4, 0.5) is 8.78 Å². The monoisotopic (exact) mass is 368 g/mol. The van der Waals surface area contributed by atoms with Crippen molar-refractivity contribution in [1.82, 2.24) is 10.6 Å². The highest BCUT2D eigenvalue weighted by atomic mass is 19.1. The van der Waals surface area contributed by atoms with E-state index in [1.165, 1.54) is 6.07 Å². The third-order valence-electron chi connectivity index (χ3n) is 4.23. The molecule has 2 amide bonds. The first-order chi connectivity index (χ1) is 12.9. The fourth-order valence-electron chi connectivity index (χ4n) is 2.82. The molecule has 4 nitrogen and oxygen atoms in total. The maximum absolute atomic E-state index is 13.8. The zero-order valence-corrected chi connectivity index (χ0v) is 14.6. The highest BCUT2D eigenvalue weighted by Gasteiger charge is 2.15. The molecule has 0 fully saturated rings. The number of amides is 2. The van der Waals surface area contributed by atoms with Gasteiger partial charge in [-0.1, -0.05) is 36.4 Å². The molecule has 0 spiro atoms. The largest absolute Gasteiger partial charge is 0.348 e. The van der Waals surface area contributed by atoms with Crippen LogP contribution < -0.4 is 10.6 Å². The van der Waals surface area contributed by atoms with Crippen LogP contribution in [0.2, 0.25) is 0 Å². The van der Waals surface area contributed by atoms with E-state index in [0.717, 1.165) is 22.9 Å². The van der Waals surface area contributed by atoms with Crippen LogP contribution in [0.25, 0.3) is 10.8 Å². The Morgan fingerprint density at radius 2 is 1.70 bits per heavy atom. The lowest BCUT2D eigenvalue weighted by atomic mass is 10.1. The SMILES string of the molecule is CC(NC(=O)CNC(=O)c1ccc2ccccc2c1)c1ccc(F)cc1F. The Bertz CT molecular complexity index is 1000. The van der Waals surface area contributed by atoms with Crippen molar-refractivity contribution in [3.8, 4) is 0 Å². The summed E-state index contributed by atoms with van der Waals surface area (Å²) in [5, 5.41) is 7.06. The molecule has 0 radical (unpaired) electrons. The van der Waals surface area contributed by atoms with Gasteiger partial charge in [0.1, 0.15) is 11.6 Å². The van der Waals surface area contributed by atoms with Gasteiger partial charge in [0, 0.05) is 17.2 Å². The molecule has 0 heterocycles. The minimum Gasteiger partial charge on any atom is -0.348 e. The van der Waals surface area contributed by atoms with Gasteiger partial charge in [-0.05, 0) is 35.9 Å². The Morgan fingerprint density at radius 1 is 0.963 bits per heavy atom. The molecule has 3 rings (SSSR count). The summed E-state index contributed by atoms with van der Waals surface area (Å²) in [6.07, 6.45) is 0. The molecule has 0 bridgehead atoms. The van der Waals surface area contributed by atoms with E-state index in [9.17, 15) is 18.4 Å². The van der Waals surface area contributed by atoms with Gasteiger partial charge in [-0.15, -0.1) is 0 Å². The van der Waals surface area contributed by atoms with E-state index in [4.69, 9.17) is 0 Å². The van der Waals surface area contributed by atoms with Gasteiger partial charge in [0.25, 0.3) is 5.91 Å². The number of benzene rings is 3.